The average Bonchev–Trinajstić information content (AvgIpc) is 3.53. The smallest absolute Gasteiger partial charge is 0.251 e. The second-order valence-corrected chi connectivity index (χ2v) is 8.86. The molecule has 6 heteroatoms. The number of carbonyl (C=O) groups is 1. The molecule has 0 bridgehead atoms. The minimum Gasteiger partial charge on any atom is -0.350 e. The Morgan fingerprint density at radius 3 is 2.50 bits per heavy atom. The largest absolute Gasteiger partial charge is 0.350 e. The third-order valence-electron chi connectivity index (χ3n) is 6.75. The maximum absolute atomic E-state index is 13.8. The van der Waals surface area contributed by atoms with Crippen LogP contribution in [-0.2, 0) is 0 Å². The Kier molecular flexibility index (Phi) is 5.45. The molecular formula is C22H31F2N3O. The highest BCUT2D eigenvalue weighted by Crippen LogP contribution is 2.43. The number of aryl methyl sites for hydroxylation is 1. The Balaban J connectivity index is 1.49. The number of amides is 1. The molecule has 1 heterocycles. The SMILES string of the molecule is Cc1ccc(C(=O)NCC2(N3CCNCC3)CCC(F)(F)CC2)c(C2CC2)c1. The number of hydrogen-bond acceptors (Lipinski definition) is 3. The Morgan fingerprint density at radius 1 is 1.18 bits per heavy atom. The first-order chi connectivity index (χ1) is 13.4. The maximum Gasteiger partial charge on any atom is 0.251 e. The van der Waals surface area contributed by atoms with Gasteiger partial charge in [0, 0.05) is 56.7 Å². The van der Waals surface area contributed by atoms with E-state index in [4.69, 9.17) is 0 Å². The van der Waals surface area contributed by atoms with Crippen molar-refractivity contribution in [2.45, 2.75) is 62.8 Å². The number of carbonyl (C=O) groups excluding carboxylic acids is 1. The second kappa shape index (κ2) is 7.71. The lowest BCUT2D eigenvalue weighted by Gasteiger charge is -2.49. The van der Waals surface area contributed by atoms with Gasteiger partial charge in [-0.1, -0.05) is 17.7 Å². The zero-order chi connectivity index (χ0) is 19.8. The first-order valence-corrected chi connectivity index (χ1v) is 10.6. The molecule has 0 atom stereocenters. The van der Waals surface area contributed by atoms with E-state index in [2.05, 4.69) is 28.5 Å². The molecular weight excluding hydrogens is 360 g/mol. The number of nitrogens with zero attached hydrogens (tertiary/aromatic N) is 1. The molecule has 154 valence electrons. The molecule has 2 saturated carbocycles. The lowest BCUT2D eigenvalue weighted by molar-refractivity contribution is -0.0831. The quantitative estimate of drug-likeness (QED) is 0.808. The number of halogens is 2. The average molecular weight is 392 g/mol. The van der Waals surface area contributed by atoms with E-state index in [1.54, 1.807) is 0 Å². The van der Waals surface area contributed by atoms with Gasteiger partial charge in [0.15, 0.2) is 0 Å². The van der Waals surface area contributed by atoms with E-state index in [1.807, 2.05) is 12.1 Å². The van der Waals surface area contributed by atoms with Crippen molar-refractivity contribution >= 4 is 5.91 Å². The van der Waals surface area contributed by atoms with Crippen LogP contribution in [0.15, 0.2) is 18.2 Å². The van der Waals surface area contributed by atoms with Crippen molar-refractivity contribution in [2.75, 3.05) is 32.7 Å². The number of benzene rings is 1. The van der Waals surface area contributed by atoms with E-state index in [1.165, 1.54) is 5.56 Å². The number of nitrogens with one attached hydrogen (secondary N) is 2. The minimum atomic E-state index is -2.57. The molecule has 2 aliphatic carbocycles. The van der Waals surface area contributed by atoms with Crippen LogP contribution in [0, 0.1) is 6.92 Å². The van der Waals surface area contributed by atoms with Crippen LogP contribution in [-0.4, -0.2) is 55.0 Å². The van der Waals surface area contributed by atoms with Crippen LogP contribution in [0.1, 0.15) is 65.9 Å². The van der Waals surface area contributed by atoms with Crippen molar-refractivity contribution in [3.8, 4) is 0 Å². The van der Waals surface area contributed by atoms with E-state index in [0.717, 1.165) is 50.1 Å². The molecule has 2 N–H and O–H groups in total. The lowest BCUT2D eigenvalue weighted by atomic mass is 9.78. The molecule has 0 unspecified atom stereocenters. The summed E-state index contributed by atoms with van der Waals surface area (Å²) in [5.74, 6) is -2.14. The highest BCUT2D eigenvalue weighted by Gasteiger charge is 2.46. The van der Waals surface area contributed by atoms with Gasteiger partial charge in [-0.3, -0.25) is 9.69 Å². The summed E-state index contributed by atoms with van der Waals surface area (Å²) < 4.78 is 27.7. The molecule has 1 aliphatic heterocycles. The van der Waals surface area contributed by atoms with Gasteiger partial charge in [-0.15, -0.1) is 0 Å². The number of hydrogen-bond donors (Lipinski definition) is 2. The van der Waals surface area contributed by atoms with Crippen molar-refractivity contribution in [2.24, 2.45) is 0 Å². The second-order valence-electron chi connectivity index (χ2n) is 8.86. The zero-order valence-electron chi connectivity index (χ0n) is 16.7. The fourth-order valence-corrected chi connectivity index (χ4v) is 4.79. The fourth-order valence-electron chi connectivity index (χ4n) is 4.79. The molecule has 3 fully saturated rings. The Morgan fingerprint density at radius 2 is 1.86 bits per heavy atom. The summed E-state index contributed by atoms with van der Waals surface area (Å²) in [5.41, 5.74) is 2.71. The Hall–Kier alpha value is -1.53. The highest BCUT2D eigenvalue weighted by atomic mass is 19.3. The molecule has 0 radical (unpaired) electrons. The summed E-state index contributed by atoms with van der Waals surface area (Å²) in [7, 11) is 0. The Labute approximate surface area is 166 Å². The van der Waals surface area contributed by atoms with Gasteiger partial charge in [0.05, 0.1) is 0 Å². The molecule has 1 amide bonds. The molecule has 0 spiro atoms. The van der Waals surface area contributed by atoms with E-state index in [9.17, 15) is 13.6 Å². The minimum absolute atomic E-state index is 0.0613. The first-order valence-electron chi connectivity index (χ1n) is 10.6. The van der Waals surface area contributed by atoms with Crippen LogP contribution in [0.3, 0.4) is 0 Å². The van der Waals surface area contributed by atoms with Crippen LogP contribution in [0.4, 0.5) is 8.78 Å². The van der Waals surface area contributed by atoms with Crippen LogP contribution in [0.5, 0.6) is 0 Å². The van der Waals surface area contributed by atoms with Gasteiger partial charge < -0.3 is 10.6 Å². The van der Waals surface area contributed by atoms with Crippen molar-refractivity contribution in [1.82, 2.24) is 15.5 Å². The summed E-state index contributed by atoms with van der Waals surface area (Å²) in [5, 5.41) is 6.46. The topological polar surface area (TPSA) is 44.4 Å². The monoisotopic (exact) mass is 391 g/mol. The Bertz CT molecular complexity index is 716. The normalized spacial score (nSPS) is 24.7. The number of alkyl halides is 2. The van der Waals surface area contributed by atoms with E-state index < -0.39 is 5.92 Å². The van der Waals surface area contributed by atoms with Gasteiger partial charge in [-0.2, -0.15) is 0 Å². The van der Waals surface area contributed by atoms with Crippen molar-refractivity contribution in [3.05, 3.63) is 34.9 Å². The van der Waals surface area contributed by atoms with Gasteiger partial charge in [0.2, 0.25) is 5.92 Å². The van der Waals surface area contributed by atoms with Crippen LogP contribution >= 0.6 is 0 Å². The predicted octanol–water partition coefficient (Wildman–Crippen LogP) is 3.46. The fraction of sp³-hybridized carbons (Fsp3) is 0.682. The molecule has 1 aromatic rings. The van der Waals surface area contributed by atoms with Gasteiger partial charge >= 0.3 is 0 Å². The summed E-state index contributed by atoms with van der Waals surface area (Å²) in [6.45, 7) is 5.93. The van der Waals surface area contributed by atoms with Crippen LogP contribution < -0.4 is 10.6 Å². The predicted molar refractivity (Wildman–Crippen MR) is 106 cm³/mol. The highest BCUT2D eigenvalue weighted by molar-refractivity contribution is 5.96. The summed E-state index contributed by atoms with van der Waals surface area (Å²) >= 11 is 0. The molecule has 3 aliphatic rings. The summed E-state index contributed by atoms with van der Waals surface area (Å²) in [6, 6.07) is 6.03. The third-order valence-corrected chi connectivity index (χ3v) is 6.75. The molecule has 1 saturated heterocycles. The number of piperazine rings is 1. The van der Waals surface area contributed by atoms with Crippen LogP contribution in [0.25, 0.3) is 0 Å². The van der Waals surface area contributed by atoms with Crippen molar-refractivity contribution < 1.29 is 13.6 Å². The van der Waals surface area contributed by atoms with Gasteiger partial charge in [-0.05, 0) is 50.2 Å². The summed E-state index contributed by atoms with van der Waals surface area (Å²) in [4.78, 5) is 15.3. The van der Waals surface area contributed by atoms with Crippen molar-refractivity contribution in [3.63, 3.8) is 0 Å². The molecule has 1 aromatic carbocycles. The first kappa shape index (κ1) is 19.8. The molecule has 0 aromatic heterocycles. The van der Waals surface area contributed by atoms with E-state index >= 15 is 0 Å². The maximum atomic E-state index is 13.8. The van der Waals surface area contributed by atoms with Crippen LogP contribution in [0.2, 0.25) is 0 Å². The van der Waals surface area contributed by atoms with Gasteiger partial charge in [-0.25, -0.2) is 8.78 Å². The number of rotatable bonds is 5. The van der Waals surface area contributed by atoms with Gasteiger partial charge in [0.25, 0.3) is 5.91 Å². The molecule has 28 heavy (non-hydrogen) atoms. The van der Waals surface area contributed by atoms with E-state index in [-0.39, 0.29) is 24.3 Å². The summed E-state index contributed by atoms with van der Waals surface area (Å²) in [6.07, 6.45) is 2.97. The van der Waals surface area contributed by atoms with Crippen molar-refractivity contribution in [1.29, 1.82) is 0 Å². The van der Waals surface area contributed by atoms with E-state index in [0.29, 0.717) is 25.3 Å². The lowest BCUT2D eigenvalue weighted by Crippen LogP contribution is -2.62. The zero-order valence-corrected chi connectivity index (χ0v) is 16.7. The third kappa shape index (κ3) is 4.23. The molecule has 4 rings (SSSR count). The van der Waals surface area contributed by atoms with Gasteiger partial charge in [0.1, 0.15) is 0 Å². The molecule has 4 nitrogen and oxygen atoms in total. The standard InChI is InChI=1S/C22H31F2N3O/c1-16-2-5-18(19(14-16)17-3-4-17)20(28)26-15-21(27-12-10-25-11-13-27)6-8-22(23,24)9-7-21/h2,5,14,17,25H,3-4,6-13,15H2,1H3,(H,26,28).